The third-order valence-electron chi connectivity index (χ3n) is 3.92. The van der Waals surface area contributed by atoms with Gasteiger partial charge in [0.1, 0.15) is 5.78 Å². The zero-order chi connectivity index (χ0) is 15.0. The molecule has 1 fully saturated rings. The minimum Gasteiger partial charge on any atom is -0.300 e. The molecule has 4 heteroatoms. The van der Waals surface area contributed by atoms with Crippen LogP contribution in [0.4, 0.5) is 0 Å². The fourth-order valence-corrected chi connectivity index (χ4v) is 4.37. The van der Waals surface area contributed by atoms with E-state index < -0.39 is 15.1 Å². The Bertz CT molecular complexity index is 592. The molecular formula is C16H22O3S. The van der Waals surface area contributed by atoms with Gasteiger partial charge in [-0.05, 0) is 36.0 Å². The van der Waals surface area contributed by atoms with Crippen LogP contribution in [0.2, 0.25) is 0 Å². The van der Waals surface area contributed by atoms with Gasteiger partial charge < -0.3 is 0 Å². The molecule has 0 aliphatic heterocycles. The summed E-state index contributed by atoms with van der Waals surface area (Å²) in [4.78, 5) is 11.8. The van der Waals surface area contributed by atoms with Gasteiger partial charge in [0.05, 0.1) is 10.1 Å². The van der Waals surface area contributed by atoms with E-state index in [1.54, 1.807) is 12.1 Å². The maximum atomic E-state index is 12.5. The second-order valence-corrected chi connectivity index (χ2v) is 8.80. The predicted molar refractivity (Wildman–Crippen MR) is 79.6 cm³/mol. The molecular weight excluding hydrogens is 272 g/mol. The summed E-state index contributed by atoms with van der Waals surface area (Å²) in [6, 6.07) is 7.10. The molecule has 1 aromatic rings. The van der Waals surface area contributed by atoms with E-state index in [0.29, 0.717) is 24.2 Å². The fourth-order valence-electron chi connectivity index (χ4n) is 2.59. The highest BCUT2D eigenvalue weighted by atomic mass is 32.2. The predicted octanol–water partition coefficient (Wildman–Crippen LogP) is 3.27. The fraction of sp³-hybridized carbons (Fsp3) is 0.562. The molecule has 0 bridgehead atoms. The molecule has 110 valence electrons. The average molecular weight is 294 g/mol. The van der Waals surface area contributed by atoms with Crippen molar-refractivity contribution in [3.05, 3.63) is 29.8 Å². The molecule has 1 aliphatic rings. The Kier molecular flexibility index (Phi) is 4.05. The van der Waals surface area contributed by atoms with Gasteiger partial charge >= 0.3 is 0 Å². The lowest BCUT2D eigenvalue weighted by atomic mass is 9.87. The van der Waals surface area contributed by atoms with Gasteiger partial charge in [-0.3, -0.25) is 4.79 Å². The van der Waals surface area contributed by atoms with Gasteiger partial charge in [0, 0.05) is 12.8 Å². The maximum absolute atomic E-state index is 12.5. The molecule has 20 heavy (non-hydrogen) atoms. The summed E-state index contributed by atoms with van der Waals surface area (Å²) in [5, 5.41) is -0.538. The van der Waals surface area contributed by atoms with Crippen molar-refractivity contribution in [2.75, 3.05) is 0 Å². The van der Waals surface area contributed by atoms with Crippen molar-refractivity contribution in [3.63, 3.8) is 0 Å². The Labute approximate surface area is 121 Å². The monoisotopic (exact) mass is 294 g/mol. The highest BCUT2D eigenvalue weighted by molar-refractivity contribution is 7.92. The number of benzene rings is 1. The van der Waals surface area contributed by atoms with Crippen LogP contribution in [0.3, 0.4) is 0 Å². The van der Waals surface area contributed by atoms with Gasteiger partial charge in [0.25, 0.3) is 0 Å². The van der Waals surface area contributed by atoms with E-state index in [1.807, 2.05) is 12.1 Å². The van der Waals surface area contributed by atoms with Crippen molar-refractivity contribution in [2.45, 2.75) is 62.0 Å². The zero-order valence-electron chi connectivity index (χ0n) is 12.3. The first-order chi connectivity index (χ1) is 9.21. The molecule has 2 rings (SSSR count). The SMILES string of the molecule is CC(C)(C)c1ccc(S(=O)(=O)C2CCCC(=O)C2)cc1. The molecule has 0 aromatic heterocycles. The number of ketones is 1. The molecule has 0 radical (unpaired) electrons. The Morgan fingerprint density at radius 2 is 1.70 bits per heavy atom. The van der Waals surface area contributed by atoms with Crippen molar-refractivity contribution in [2.24, 2.45) is 0 Å². The van der Waals surface area contributed by atoms with Gasteiger partial charge in [-0.25, -0.2) is 8.42 Å². The molecule has 1 unspecified atom stereocenters. The van der Waals surface area contributed by atoms with Gasteiger partial charge in [0.15, 0.2) is 9.84 Å². The summed E-state index contributed by atoms with van der Waals surface area (Å²) in [6.45, 7) is 6.28. The van der Waals surface area contributed by atoms with Crippen LogP contribution in [0.25, 0.3) is 0 Å². The van der Waals surface area contributed by atoms with Crippen LogP contribution in [0, 0.1) is 0 Å². The minimum absolute atomic E-state index is 0.00307. The van der Waals surface area contributed by atoms with Crippen molar-refractivity contribution < 1.29 is 13.2 Å². The van der Waals surface area contributed by atoms with Crippen LogP contribution in [-0.2, 0) is 20.0 Å². The summed E-state index contributed by atoms with van der Waals surface area (Å²) in [6.07, 6.45) is 1.97. The number of Topliss-reactive ketones (excluding diaryl/α,β-unsaturated/α-hetero) is 1. The number of hydrogen-bond acceptors (Lipinski definition) is 3. The minimum atomic E-state index is -3.38. The van der Waals surface area contributed by atoms with Crippen LogP contribution in [0.5, 0.6) is 0 Å². The molecule has 1 atom stereocenters. The van der Waals surface area contributed by atoms with Gasteiger partial charge in [-0.15, -0.1) is 0 Å². The number of carbonyl (C=O) groups is 1. The molecule has 3 nitrogen and oxygen atoms in total. The Balaban J connectivity index is 2.28. The van der Waals surface area contributed by atoms with E-state index in [1.165, 1.54) is 0 Å². The van der Waals surface area contributed by atoms with Crippen molar-refractivity contribution in [1.29, 1.82) is 0 Å². The molecule has 0 heterocycles. The quantitative estimate of drug-likeness (QED) is 0.841. The highest BCUT2D eigenvalue weighted by Gasteiger charge is 2.32. The highest BCUT2D eigenvalue weighted by Crippen LogP contribution is 2.29. The largest absolute Gasteiger partial charge is 0.300 e. The van der Waals surface area contributed by atoms with Crippen molar-refractivity contribution in [1.82, 2.24) is 0 Å². The number of carbonyl (C=O) groups excluding carboxylic acids is 1. The molecule has 1 saturated carbocycles. The molecule has 0 spiro atoms. The Morgan fingerprint density at radius 1 is 1.10 bits per heavy atom. The molecule has 0 amide bonds. The summed E-state index contributed by atoms with van der Waals surface area (Å²) in [5.41, 5.74) is 1.11. The maximum Gasteiger partial charge on any atom is 0.181 e. The molecule has 0 N–H and O–H groups in total. The van der Waals surface area contributed by atoms with Gasteiger partial charge in [-0.2, -0.15) is 0 Å². The van der Waals surface area contributed by atoms with Crippen molar-refractivity contribution >= 4 is 15.6 Å². The van der Waals surface area contributed by atoms with E-state index in [-0.39, 0.29) is 17.6 Å². The summed E-state index contributed by atoms with van der Waals surface area (Å²) >= 11 is 0. The number of hydrogen-bond donors (Lipinski definition) is 0. The number of rotatable bonds is 2. The Hall–Kier alpha value is -1.16. The smallest absolute Gasteiger partial charge is 0.181 e. The van der Waals surface area contributed by atoms with E-state index in [0.717, 1.165) is 5.56 Å². The van der Waals surface area contributed by atoms with E-state index in [4.69, 9.17) is 0 Å². The van der Waals surface area contributed by atoms with Crippen LogP contribution in [-0.4, -0.2) is 19.5 Å². The van der Waals surface area contributed by atoms with Gasteiger partial charge in [0.2, 0.25) is 0 Å². The van der Waals surface area contributed by atoms with Crippen LogP contribution < -0.4 is 0 Å². The van der Waals surface area contributed by atoms with Crippen LogP contribution in [0.1, 0.15) is 52.0 Å². The number of sulfone groups is 1. The molecule has 0 saturated heterocycles. The second-order valence-electron chi connectivity index (χ2n) is 6.58. The average Bonchev–Trinajstić information content (AvgIpc) is 2.38. The van der Waals surface area contributed by atoms with Crippen LogP contribution in [0.15, 0.2) is 29.2 Å². The topological polar surface area (TPSA) is 51.2 Å². The third-order valence-corrected chi connectivity index (χ3v) is 6.13. The molecule has 1 aliphatic carbocycles. The van der Waals surface area contributed by atoms with E-state index in [2.05, 4.69) is 20.8 Å². The summed E-state index contributed by atoms with van der Waals surface area (Å²) in [5.74, 6) is 0.0659. The van der Waals surface area contributed by atoms with Gasteiger partial charge in [-0.1, -0.05) is 32.9 Å². The first-order valence-corrected chi connectivity index (χ1v) is 8.62. The summed E-state index contributed by atoms with van der Waals surface area (Å²) < 4.78 is 25.1. The van der Waals surface area contributed by atoms with E-state index >= 15 is 0 Å². The third kappa shape index (κ3) is 3.11. The second kappa shape index (κ2) is 5.32. The van der Waals surface area contributed by atoms with E-state index in [9.17, 15) is 13.2 Å². The first kappa shape index (κ1) is 15.2. The van der Waals surface area contributed by atoms with Crippen LogP contribution >= 0.6 is 0 Å². The summed E-state index contributed by atoms with van der Waals surface area (Å²) in [7, 11) is -3.38. The standard InChI is InChI=1S/C16H22O3S/c1-16(2,3)12-7-9-14(10-8-12)20(18,19)15-6-4-5-13(17)11-15/h7-10,15H,4-6,11H2,1-3H3. The lowest BCUT2D eigenvalue weighted by molar-refractivity contribution is -0.120. The lowest BCUT2D eigenvalue weighted by Crippen LogP contribution is -2.28. The first-order valence-electron chi connectivity index (χ1n) is 7.07. The Morgan fingerprint density at radius 3 is 2.20 bits per heavy atom. The lowest BCUT2D eigenvalue weighted by Gasteiger charge is -2.22. The zero-order valence-corrected chi connectivity index (χ0v) is 13.2. The molecule has 1 aromatic carbocycles. The van der Waals surface area contributed by atoms with Crippen molar-refractivity contribution in [3.8, 4) is 0 Å². The normalized spacial score (nSPS) is 20.9.